The Morgan fingerprint density at radius 2 is 1.84 bits per heavy atom. The Labute approximate surface area is 115 Å². The maximum absolute atomic E-state index is 12.1. The molecule has 1 heterocycles. The van der Waals surface area contributed by atoms with Gasteiger partial charge >= 0.3 is 0 Å². The van der Waals surface area contributed by atoms with E-state index in [1.54, 1.807) is 12.1 Å². The zero-order chi connectivity index (χ0) is 13.2. The molecule has 0 aliphatic carbocycles. The Bertz CT molecular complexity index is 734. The quantitative estimate of drug-likeness (QED) is 0.724. The molecule has 0 aliphatic rings. The molecule has 0 saturated carbocycles. The van der Waals surface area contributed by atoms with Crippen molar-refractivity contribution in [2.75, 3.05) is 5.32 Å². The Balaban J connectivity index is 1.89. The number of amides is 1. The molecule has 2 aromatic carbocycles. The van der Waals surface area contributed by atoms with Gasteiger partial charge in [0.2, 0.25) is 0 Å². The highest BCUT2D eigenvalue weighted by atomic mass is 35.5. The van der Waals surface area contributed by atoms with E-state index < -0.39 is 0 Å². The van der Waals surface area contributed by atoms with Gasteiger partial charge < -0.3 is 10.3 Å². The van der Waals surface area contributed by atoms with E-state index in [-0.39, 0.29) is 5.91 Å². The standard InChI is InChI=1S/C15H11ClN2O/c16-11-6-7-13-10(8-11)9-14(18-13)15(19)17-12-4-2-1-3-5-12/h1-9,18H,(H,17,19). The topological polar surface area (TPSA) is 44.9 Å². The number of carbonyl (C=O) groups excluding carboxylic acids is 1. The van der Waals surface area contributed by atoms with Gasteiger partial charge in [0.05, 0.1) is 0 Å². The molecule has 0 radical (unpaired) electrons. The number of anilines is 1. The lowest BCUT2D eigenvalue weighted by atomic mass is 10.2. The molecule has 0 atom stereocenters. The van der Waals surface area contributed by atoms with Crippen LogP contribution in [0.4, 0.5) is 5.69 Å². The van der Waals surface area contributed by atoms with Gasteiger partial charge in [-0.1, -0.05) is 29.8 Å². The maximum Gasteiger partial charge on any atom is 0.272 e. The summed E-state index contributed by atoms with van der Waals surface area (Å²) >= 11 is 5.92. The first-order valence-electron chi connectivity index (χ1n) is 5.87. The molecule has 19 heavy (non-hydrogen) atoms. The van der Waals surface area contributed by atoms with E-state index in [9.17, 15) is 4.79 Å². The van der Waals surface area contributed by atoms with Crippen LogP contribution in [-0.4, -0.2) is 10.9 Å². The van der Waals surface area contributed by atoms with Crippen LogP contribution >= 0.6 is 11.6 Å². The minimum atomic E-state index is -0.168. The van der Waals surface area contributed by atoms with Crippen LogP contribution in [0, 0.1) is 0 Å². The van der Waals surface area contributed by atoms with Crippen molar-refractivity contribution < 1.29 is 4.79 Å². The smallest absolute Gasteiger partial charge is 0.272 e. The summed E-state index contributed by atoms with van der Waals surface area (Å²) in [5.74, 6) is -0.168. The first-order valence-corrected chi connectivity index (χ1v) is 6.25. The maximum atomic E-state index is 12.1. The van der Waals surface area contributed by atoms with E-state index in [1.807, 2.05) is 42.5 Å². The predicted molar refractivity (Wildman–Crippen MR) is 77.7 cm³/mol. The molecule has 3 nitrogen and oxygen atoms in total. The molecule has 1 amide bonds. The van der Waals surface area contributed by atoms with Gasteiger partial charge in [-0.25, -0.2) is 0 Å². The normalized spacial score (nSPS) is 10.6. The van der Waals surface area contributed by atoms with E-state index >= 15 is 0 Å². The second-order valence-corrected chi connectivity index (χ2v) is 4.67. The van der Waals surface area contributed by atoms with E-state index in [1.165, 1.54) is 0 Å². The molecule has 4 heteroatoms. The van der Waals surface area contributed by atoms with Gasteiger partial charge in [0.1, 0.15) is 5.69 Å². The van der Waals surface area contributed by atoms with E-state index in [2.05, 4.69) is 10.3 Å². The molecule has 0 bridgehead atoms. The van der Waals surface area contributed by atoms with Crippen LogP contribution in [-0.2, 0) is 0 Å². The highest BCUT2D eigenvalue weighted by Gasteiger charge is 2.09. The summed E-state index contributed by atoms with van der Waals surface area (Å²) in [6.07, 6.45) is 0. The fourth-order valence-electron chi connectivity index (χ4n) is 1.95. The zero-order valence-electron chi connectivity index (χ0n) is 9.98. The second-order valence-electron chi connectivity index (χ2n) is 4.23. The second kappa shape index (κ2) is 4.78. The van der Waals surface area contributed by atoms with Gasteiger partial charge in [-0.2, -0.15) is 0 Å². The fourth-order valence-corrected chi connectivity index (χ4v) is 2.13. The van der Waals surface area contributed by atoms with Crippen LogP contribution in [0.25, 0.3) is 10.9 Å². The Kier molecular flexibility index (Phi) is 2.97. The lowest BCUT2D eigenvalue weighted by molar-refractivity contribution is 0.102. The van der Waals surface area contributed by atoms with Gasteiger partial charge in [0, 0.05) is 21.6 Å². The lowest BCUT2D eigenvalue weighted by Crippen LogP contribution is -2.11. The van der Waals surface area contributed by atoms with Crippen molar-refractivity contribution in [1.29, 1.82) is 0 Å². The number of H-pyrrole nitrogens is 1. The Hall–Kier alpha value is -2.26. The molecule has 3 aromatic rings. The van der Waals surface area contributed by atoms with Crippen molar-refractivity contribution in [3.63, 3.8) is 0 Å². The van der Waals surface area contributed by atoms with Gasteiger partial charge in [-0.05, 0) is 36.4 Å². The van der Waals surface area contributed by atoms with Crippen molar-refractivity contribution in [3.05, 3.63) is 65.3 Å². The number of hydrogen-bond acceptors (Lipinski definition) is 1. The molecule has 3 rings (SSSR count). The summed E-state index contributed by atoms with van der Waals surface area (Å²) in [5, 5.41) is 4.41. The van der Waals surface area contributed by atoms with Gasteiger partial charge in [-0.3, -0.25) is 4.79 Å². The van der Waals surface area contributed by atoms with E-state index in [0.717, 1.165) is 16.6 Å². The molecule has 1 aromatic heterocycles. The summed E-state index contributed by atoms with van der Waals surface area (Å²) in [4.78, 5) is 15.2. The number of nitrogens with one attached hydrogen (secondary N) is 2. The number of para-hydroxylation sites is 1. The van der Waals surface area contributed by atoms with Gasteiger partial charge in [0.15, 0.2) is 0 Å². The number of carbonyl (C=O) groups is 1. The molecule has 2 N–H and O–H groups in total. The average Bonchev–Trinajstić information content (AvgIpc) is 2.83. The number of fused-ring (bicyclic) bond motifs is 1. The fraction of sp³-hybridized carbons (Fsp3) is 0. The van der Waals surface area contributed by atoms with Gasteiger partial charge in [0.25, 0.3) is 5.91 Å². The summed E-state index contributed by atoms with van der Waals surface area (Å²) in [6.45, 7) is 0. The van der Waals surface area contributed by atoms with E-state index in [0.29, 0.717) is 10.7 Å². The number of aromatic nitrogens is 1. The number of aromatic amines is 1. The van der Waals surface area contributed by atoms with Crippen molar-refractivity contribution >= 4 is 34.1 Å². The summed E-state index contributed by atoms with van der Waals surface area (Å²) in [6, 6.07) is 16.6. The number of rotatable bonds is 2. The van der Waals surface area contributed by atoms with Gasteiger partial charge in [-0.15, -0.1) is 0 Å². The molecular formula is C15H11ClN2O. The molecule has 0 aliphatic heterocycles. The van der Waals surface area contributed by atoms with Crippen LogP contribution < -0.4 is 5.32 Å². The molecular weight excluding hydrogens is 260 g/mol. The van der Waals surface area contributed by atoms with Crippen LogP contribution in [0.2, 0.25) is 5.02 Å². The van der Waals surface area contributed by atoms with Crippen LogP contribution in [0.5, 0.6) is 0 Å². The largest absolute Gasteiger partial charge is 0.351 e. The number of halogens is 1. The van der Waals surface area contributed by atoms with Crippen molar-refractivity contribution in [2.45, 2.75) is 0 Å². The molecule has 0 spiro atoms. The highest BCUT2D eigenvalue weighted by Crippen LogP contribution is 2.20. The first kappa shape index (κ1) is 11.8. The van der Waals surface area contributed by atoms with Crippen molar-refractivity contribution in [2.24, 2.45) is 0 Å². The van der Waals surface area contributed by atoms with E-state index in [4.69, 9.17) is 11.6 Å². The molecule has 0 fully saturated rings. The summed E-state index contributed by atoms with van der Waals surface area (Å²) < 4.78 is 0. The molecule has 94 valence electrons. The third-order valence-corrected chi connectivity index (χ3v) is 3.09. The Morgan fingerprint density at radius 3 is 2.63 bits per heavy atom. The monoisotopic (exact) mass is 270 g/mol. The van der Waals surface area contributed by atoms with Crippen molar-refractivity contribution in [3.8, 4) is 0 Å². The minimum Gasteiger partial charge on any atom is -0.351 e. The molecule has 0 unspecified atom stereocenters. The summed E-state index contributed by atoms with van der Waals surface area (Å²) in [5.41, 5.74) is 2.17. The third kappa shape index (κ3) is 2.46. The Morgan fingerprint density at radius 1 is 1.05 bits per heavy atom. The highest BCUT2D eigenvalue weighted by molar-refractivity contribution is 6.31. The minimum absolute atomic E-state index is 0.168. The number of benzene rings is 2. The van der Waals surface area contributed by atoms with Crippen LogP contribution in [0.1, 0.15) is 10.5 Å². The average molecular weight is 271 g/mol. The predicted octanol–water partition coefficient (Wildman–Crippen LogP) is 4.07. The zero-order valence-corrected chi connectivity index (χ0v) is 10.7. The van der Waals surface area contributed by atoms with Crippen LogP contribution in [0.3, 0.4) is 0 Å². The summed E-state index contributed by atoms with van der Waals surface area (Å²) in [7, 11) is 0. The number of hydrogen-bond donors (Lipinski definition) is 2. The third-order valence-electron chi connectivity index (χ3n) is 2.86. The van der Waals surface area contributed by atoms with Crippen molar-refractivity contribution in [1.82, 2.24) is 4.98 Å². The SMILES string of the molecule is O=C(Nc1ccccc1)c1cc2cc(Cl)ccc2[nH]1. The first-order chi connectivity index (χ1) is 9.22. The molecule has 0 saturated heterocycles. The lowest BCUT2D eigenvalue weighted by Gasteiger charge is -2.02. The van der Waals surface area contributed by atoms with Crippen LogP contribution in [0.15, 0.2) is 54.6 Å².